The molecule has 0 saturated carbocycles. The molecule has 2 aliphatic heterocycles. The maximum Gasteiger partial charge on any atom is 0.260 e. The average molecular weight is 385 g/mol. The quantitative estimate of drug-likeness (QED) is 0.878. The fourth-order valence-electron chi connectivity index (χ4n) is 3.51. The van der Waals surface area contributed by atoms with Crippen molar-refractivity contribution in [2.24, 2.45) is 0 Å². The van der Waals surface area contributed by atoms with Crippen LogP contribution in [0.1, 0.15) is 5.56 Å². The summed E-state index contributed by atoms with van der Waals surface area (Å²) >= 11 is 0. The van der Waals surface area contributed by atoms with Gasteiger partial charge in [-0.3, -0.25) is 4.79 Å². The summed E-state index contributed by atoms with van der Waals surface area (Å²) < 4.78 is 32.2. The lowest BCUT2D eigenvalue weighted by atomic mass is 10.1. The van der Waals surface area contributed by atoms with Gasteiger partial charge in [0.2, 0.25) is 0 Å². The van der Waals surface area contributed by atoms with Crippen molar-refractivity contribution in [3.63, 3.8) is 0 Å². The van der Waals surface area contributed by atoms with Crippen molar-refractivity contribution in [3.05, 3.63) is 65.9 Å². The molecule has 146 valence electrons. The second kappa shape index (κ2) is 7.50. The molecule has 0 aromatic heterocycles. The Balaban J connectivity index is 1.29. The van der Waals surface area contributed by atoms with Crippen molar-refractivity contribution in [3.8, 4) is 5.75 Å². The minimum Gasteiger partial charge on any atom is -0.484 e. The normalized spacial score (nSPS) is 16.0. The largest absolute Gasteiger partial charge is 0.484 e. The van der Waals surface area contributed by atoms with Gasteiger partial charge in [-0.25, -0.2) is 8.78 Å². The molecule has 1 saturated heterocycles. The first-order chi connectivity index (χ1) is 13.5. The molecule has 5 nitrogen and oxygen atoms in total. The zero-order valence-electron chi connectivity index (χ0n) is 15.4. The van der Waals surface area contributed by atoms with Gasteiger partial charge in [-0.2, -0.15) is 0 Å². The Labute approximate surface area is 162 Å². The third kappa shape index (κ3) is 3.78. The Morgan fingerprint density at radius 3 is 2.61 bits per heavy atom. The van der Waals surface area contributed by atoms with Crippen LogP contribution in [0.15, 0.2) is 48.7 Å². The maximum absolute atomic E-state index is 13.4. The Morgan fingerprint density at radius 2 is 1.86 bits per heavy atom. The molecular weight excluding hydrogens is 364 g/mol. The van der Waals surface area contributed by atoms with Crippen molar-refractivity contribution < 1.29 is 18.3 Å². The number of anilines is 2. The lowest BCUT2D eigenvalue weighted by Gasteiger charge is -2.36. The number of carbonyl (C=O) groups is 1. The van der Waals surface area contributed by atoms with Crippen LogP contribution in [0.25, 0.3) is 0 Å². The van der Waals surface area contributed by atoms with Crippen LogP contribution in [0.5, 0.6) is 5.75 Å². The standard InChI is InChI=1S/C21H21F2N3O2/c1-14-10-15-2-4-17(12-20(15)24-14)28-13-21(27)26-8-6-25(7-9-26)16-3-5-18(22)19(23)11-16/h2-5,11-12,24H,1,6-10,13H2. The second-order valence-electron chi connectivity index (χ2n) is 6.98. The molecule has 28 heavy (non-hydrogen) atoms. The molecule has 2 aromatic carbocycles. The molecule has 1 fully saturated rings. The predicted molar refractivity (Wildman–Crippen MR) is 104 cm³/mol. The van der Waals surface area contributed by atoms with Gasteiger partial charge in [0.25, 0.3) is 5.91 Å². The number of hydrogen-bond acceptors (Lipinski definition) is 4. The second-order valence-corrected chi connectivity index (χ2v) is 6.98. The van der Waals surface area contributed by atoms with E-state index in [0.717, 1.165) is 29.4 Å². The molecule has 0 atom stereocenters. The number of rotatable bonds is 4. The fraction of sp³-hybridized carbons (Fsp3) is 0.286. The smallest absolute Gasteiger partial charge is 0.260 e. The van der Waals surface area contributed by atoms with Crippen LogP contribution in [-0.4, -0.2) is 43.6 Å². The zero-order chi connectivity index (χ0) is 19.7. The van der Waals surface area contributed by atoms with Crippen molar-refractivity contribution in [2.75, 3.05) is 43.0 Å². The van der Waals surface area contributed by atoms with E-state index >= 15 is 0 Å². The van der Waals surface area contributed by atoms with Crippen molar-refractivity contribution >= 4 is 17.3 Å². The van der Waals surface area contributed by atoms with Crippen LogP contribution < -0.4 is 15.0 Å². The Bertz CT molecular complexity index is 924. The van der Waals surface area contributed by atoms with Gasteiger partial charge >= 0.3 is 0 Å². The Morgan fingerprint density at radius 1 is 1.07 bits per heavy atom. The minimum absolute atomic E-state index is 0.0368. The summed E-state index contributed by atoms with van der Waals surface area (Å²) in [5.74, 6) is -1.19. The number of fused-ring (bicyclic) bond motifs is 1. The summed E-state index contributed by atoms with van der Waals surface area (Å²) in [6.07, 6.45) is 0.802. The minimum atomic E-state index is -0.864. The van der Waals surface area contributed by atoms with E-state index in [0.29, 0.717) is 37.6 Å². The molecule has 7 heteroatoms. The van der Waals surface area contributed by atoms with E-state index in [9.17, 15) is 13.6 Å². The molecule has 1 N–H and O–H groups in total. The summed E-state index contributed by atoms with van der Waals surface area (Å²) in [6.45, 7) is 6.01. The summed E-state index contributed by atoms with van der Waals surface area (Å²) in [5.41, 5.74) is 3.70. The van der Waals surface area contributed by atoms with Crippen LogP contribution in [0.3, 0.4) is 0 Å². The monoisotopic (exact) mass is 385 g/mol. The van der Waals surface area contributed by atoms with Gasteiger partial charge in [-0.05, 0) is 23.8 Å². The van der Waals surface area contributed by atoms with Crippen LogP contribution in [0.4, 0.5) is 20.2 Å². The first-order valence-corrected chi connectivity index (χ1v) is 9.18. The highest BCUT2D eigenvalue weighted by Crippen LogP contribution is 2.30. The number of ether oxygens (including phenoxy) is 1. The number of halogens is 2. The van der Waals surface area contributed by atoms with E-state index in [2.05, 4.69) is 11.9 Å². The molecular formula is C21H21F2N3O2. The highest BCUT2D eigenvalue weighted by atomic mass is 19.2. The maximum atomic E-state index is 13.4. The van der Waals surface area contributed by atoms with E-state index in [1.54, 1.807) is 11.0 Å². The number of hydrogen-bond donors (Lipinski definition) is 1. The van der Waals surface area contributed by atoms with Gasteiger partial charge in [-0.1, -0.05) is 12.6 Å². The van der Waals surface area contributed by atoms with Crippen molar-refractivity contribution in [2.45, 2.75) is 6.42 Å². The number of benzene rings is 2. The van der Waals surface area contributed by atoms with E-state index in [1.165, 1.54) is 6.07 Å². The Hall–Kier alpha value is -3.09. The van der Waals surface area contributed by atoms with Crippen LogP contribution >= 0.6 is 0 Å². The molecule has 1 amide bonds. The van der Waals surface area contributed by atoms with E-state index in [1.807, 2.05) is 23.1 Å². The van der Waals surface area contributed by atoms with Gasteiger partial charge in [0.1, 0.15) is 5.75 Å². The molecule has 2 aliphatic rings. The van der Waals surface area contributed by atoms with Gasteiger partial charge in [0.15, 0.2) is 18.2 Å². The molecule has 0 aliphatic carbocycles. The van der Waals surface area contributed by atoms with E-state index in [4.69, 9.17) is 4.74 Å². The number of allylic oxidation sites excluding steroid dienone is 1. The molecule has 0 unspecified atom stereocenters. The highest BCUT2D eigenvalue weighted by molar-refractivity contribution is 5.78. The molecule has 2 aromatic rings. The number of carbonyl (C=O) groups excluding carboxylic acids is 1. The van der Waals surface area contributed by atoms with Crippen molar-refractivity contribution in [1.82, 2.24) is 4.90 Å². The predicted octanol–water partition coefficient (Wildman–Crippen LogP) is 3.17. The first-order valence-electron chi connectivity index (χ1n) is 9.18. The summed E-state index contributed by atoms with van der Waals surface area (Å²) in [5, 5.41) is 3.19. The topological polar surface area (TPSA) is 44.8 Å². The fourth-order valence-corrected chi connectivity index (χ4v) is 3.51. The number of piperazine rings is 1. The van der Waals surface area contributed by atoms with E-state index < -0.39 is 11.6 Å². The van der Waals surface area contributed by atoms with E-state index in [-0.39, 0.29) is 12.5 Å². The van der Waals surface area contributed by atoms with Gasteiger partial charge in [0, 0.05) is 61.8 Å². The first kappa shape index (κ1) is 18.3. The zero-order valence-corrected chi connectivity index (χ0v) is 15.4. The molecule has 0 radical (unpaired) electrons. The van der Waals surface area contributed by atoms with Gasteiger partial charge in [-0.15, -0.1) is 0 Å². The van der Waals surface area contributed by atoms with Crippen LogP contribution in [-0.2, 0) is 11.2 Å². The number of amides is 1. The molecule has 2 heterocycles. The third-order valence-corrected chi connectivity index (χ3v) is 5.06. The third-order valence-electron chi connectivity index (χ3n) is 5.06. The molecule has 0 bridgehead atoms. The number of nitrogens with zero attached hydrogens (tertiary/aromatic N) is 2. The Kier molecular flexibility index (Phi) is 4.90. The van der Waals surface area contributed by atoms with Crippen LogP contribution in [0, 0.1) is 11.6 Å². The lowest BCUT2D eigenvalue weighted by Crippen LogP contribution is -2.50. The SMILES string of the molecule is C=C1Cc2ccc(OCC(=O)N3CCN(c4ccc(F)c(F)c4)CC3)cc2N1. The van der Waals surface area contributed by atoms with Gasteiger partial charge < -0.3 is 19.9 Å². The summed E-state index contributed by atoms with van der Waals surface area (Å²) in [4.78, 5) is 16.1. The summed E-state index contributed by atoms with van der Waals surface area (Å²) in [6, 6.07) is 9.56. The molecule has 4 rings (SSSR count). The average Bonchev–Trinajstić information content (AvgIpc) is 3.07. The summed E-state index contributed by atoms with van der Waals surface area (Å²) in [7, 11) is 0. The molecule has 0 spiro atoms. The van der Waals surface area contributed by atoms with Crippen molar-refractivity contribution in [1.29, 1.82) is 0 Å². The highest BCUT2D eigenvalue weighted by Gasteiger charge is 2.22. The lowest BCUT2D eigenvalue weighted by molar-refractivity contribution is -0.133. The van der Waals surface area contributed by atoms with Crippen LogP contribution in [0.2, 0.25) is 0 Å². The number of nitrogens with one attached hydrogen (secondary N) is 1. The van der Waals surface area contributed by atoms with Gasteiger partial charge in [0.05, 0.1) is 0 Å².